The summed E-state index contributed by atoms with van der Waals surface area (Å²) >= 11 is 0. The van der Waals surface area contributed by atoms with Crippen molar-refractivity contribution in [2.45, 2.75) is 0 Å². The normalized spacial score (nSPS) is 11.9. The molecule has 11 aromatic rings. The molecule has 238 valence electrons. The highest BCUT2D eigenvalue weighted by Crippen LogP contribution is 2.42. The highest BCUT2D eigenvalue weighted by Gasteiger charge is 2.22. The van der Waals surface area contributed by atoms with E-state index in [-0.39, 0.29) is 0 Å². The van der Waals surface area contributed by atoms with Gasteiger partial charge >= 0.3 is 0 Å². The Balaban J connectivity index is 1.31. The van der Waals surface area contributed by atoms with E-state index >= 15 is 0 Å². The van der Waals surface area contributed by atoms with Crippen LogP contribution in [0, 0.1) is 0 Å². The van der Waals surface area contributed by atoms with Gasteiger partial charge in [-0.1, -0.05) is 115 Å². The fourth-order valence-corrected chi connectivity index (χ4v) is 7.81. The Hall–Kier alpha value is -6.98. The SMILES string of the molecule is c1ccc(-c2cc(-c3ccccc3)nc(-n3c4cc5oc6ccccc6c5cc4c4cc5c(cc43)c3ccccc3n5-c3ccccc3)n2)cc1. The number of benzene rings is 7. The maximum atomic E-state index is 6.47. The first-order valence-electron chi connectivity index (χ1n) is 17.2. The standard InChI is InChI=1S/C46H28N4O/c1-4-14-29(15-5-1)38-27-39(30-16-6-2-7-17-30)48-46(47-38)50-42-25-35-32-20-10-12-22-40(32)49(31-18-8-3-9-19-31)41(35)26-36(42)34-24-37-33-21-11-13-23-44(33)51-45(37)28-43(34)50/h1-28H. The highest BCUT2D eigenvalue weighted by atomic mass is 16.3. The summed E-state index contributed by atoms with van der Waals surface area (Å²) < 4.78 is 11.1. The number of aromatic nitrogens is 4. The molecule has 0 saturated heterocycles. The molecular formula is C46H28N4O. The summed E-state index contributed by atoms with van der Waals surface area (Å²) in [6, 6.07) is 59.5. The van der Waals surface area contributed by atoms with E-state index in [1.165, 1.54) is 16.3 Å². The molecule has 0 spiro atoms. The summed E-state index contributed by atoms with van der Waals surface area (Å²) in [5, 5.41) is 6.79. The van der Waals surface area contributed by atoms with Crippen molar-refractivity contribution in [3.63, 3.8) is 0 Å². The van der Waals surface area contributed by atoms with E-state index in [2.05, 4.69) is 155 Å². The van der Waals surface area contributed by atoms with Crippen LogP contribution in [-0.4, -0.2) is 19.1 Å². The predicted octanol–water partition coefficient (Wildman–Crippen LogP) is 11.9. The molecule has 11 rings (SSSR count). The summed E-state index contributed by atoms with van der Waals surface area (Å²) in [7, 11) is 0. The molecule has 0 aliphatic heterocycles. The smallest absolute Gasteiger partial charge is 0.235 e. The number of hydrogen-bond donors (Lipinski definition) is 0. The van der Waals surface area contributed by atoms with E-state index in [9.17, 15) is 0 Å². The van der Waals surface area contributed by atoms with Crippen LogP contribution < -0.4 is 0 Å². The number of fused-ring (bicyclic) bond motifs is 9. The monoisotopic (exact) mass is 652 g/mol. The van der Waals surface area contributed by atoms with Crippen LogP contribution in [0.1, 0.15) is 0 Å². The maximum absolute atomic E-state index is 6.47. The van der Waals surface area contributed by atoms with Crippen molar-refractivity contribution in [3.05, 3.63) is 170 Å². The maximum Gasteiger partial charge on any atom is 0.235 e. The molecule has 0 saturated carbocycles. The molecule has 0 aliphatic rings. The second-order valence-electron chi connectivity index (χ2n) is 13.0. The Morgan fingerprint density at radius 3 is 1.59 bits per heavy atom. The topological polar surface area (TPSA) is 48.8 Å². The third kappa shape index (κ3) is 4.22. The highest BCUT2D eigenvalue weighted by molar-refractivity contribution is 6.22. The molecule has 0 fully saturated rings. The Morgan fingerprint density at radius 1 is 0.353 bits per heavy atom. The van der Waals surface area contributed by atoms with Crippen LogP contribution in [0.2, 0.25) is 0 Å². The van der Waals surface area contributed by atoms with Gasteiger partial charge in [-0.25, -0.2) is 9.97 Å². The van der Waals surface area contributed by atoms with Gasteiger partial charge in [-0.3, -0.25) is 4.57 Å². The van der Waals surface area contributed by atoms with Gasteiger partial charge in [0, 0.05) is 55.2 Å². The molecular weight excluding hydrogens is 625 g/mol. The molecule has 4 heterocycles. The third-order valence-corrected chi connectivity index (χ3v) is 10.1. The Bertz CT molecular complexity index is 3060. The Morgan fingerprint density at radius 2 is 0.882 bits per heavy atom. The molecule has 4 aromatic heterocycles. The van der Waals surface area contributed by atoms with Crippen molar-refractivity contribution >= 4 is 65.6 Å². The molecule has 0 N–H and O–H groups in total. The lowest BCUT2D eigenvalue weighted by atomic mass is 10.1. The summed E-state index contributed by atoms with van der Waals surface area (Å²) in [6.07, 6.45) is 0. The van der Waals surface area contributed by atoms with E-state index in [0.717, 1.165) is 77.5 Å². The minimum absolute atomic E-state index is 0.608. The number of para-hydroxylation sites is 3. The minimum Gasteiger partial charge on any atom is -0.456 e. The van der Waals surface area contributed by atoms with Crippen molar-refractivity contribution < 1.29 is 4.42 Å². The van der Waals surface area contributed by atoms with Gasteiger partial charge in [0.05, 0.1) is 33.5 Å². The molecule has 51 heavy (non-hydrogen) atoms. The molecule has 0 aliphatic carbocycles. The van der Waals surface area contributed by atoms with Crippen molar-refractivity contribution in [2.24, 2.45) is 0 Å². The van der Waals surface area contributed by atoms with Crippen LogP contribution in [0.25, 0.3) is 99.7 Å². The van der Waals surface area contributed by atoms with Crippen molar-refractivity contribution in [1.82, 2.24) is 19.1 Å². The molecule has 0 bridgehead atoms. The Labute approximate surface area is 292 Å². The largest absolute Gasteiger partial charge is 0.456 e. The summed E-state index contributed by atoms with van der Waals surface area (Å²) in [4.78, 5) is 10.6. The van der Waals surface area contributed by atoms with E-state index in [4.69, 9.17) is 14.4 Å². The van der Waals surface area contributed by atoms with E-state index < -0.39 is 0 Å². The van der Waals surface area contributed by atoms with Crippen molar-refractivity contribution in [3.8, 4) is 34.2 Å². The van der Waals surface area contributed by atoms with Crippen LogP contribution in [0.15, 0.2) is 174 Å². The lowest BCUT2D eigenvalue weighted by molar-refractivity contribution is 0.669. The molecule has 0 radical (unpaired) electrons. The first kappa shape index (κ1) is 27.9. The first-order valence-corrected chi connectivity index (χ1v) is 17.2. The van der Waals surface area contributed by atoms with Crippen LogP contribution in [-0.2, 0) is 0 Å². The summed E-state index contributed by atoms with van der Waals surface area (Å²) in [5.41, 5.74) is 11.0. The van der Waals surface area contributed by atoms with E-state index in [1.54, 1.807) is 0 Å². The lowest BCUT2D eigenvalue weighted by Crippen LogP contribution is -2.04. The van der Waals surface area contributed by atoms with E-state index in [1.807, 2.05) is 24.3 Å². The fraction of sp³-hybridized carbons (Fsp3) is 0. The first-order chi connectivity index (χ1) is 25.3. The zero-order valence-electron chi connectivity index (χ0n) is 27.4. The second kappa shape index (κ2) is 10.8. The van der Waals surface area contributed by atoms with Crippen LogP contribution in [0.3, 0.4) is 0 Å². The van der Waals surface area contributed by atoms with Gasteiger partial charge in [0.25, 0.3) is 0 Å². The van der Waals surface area contributed by atoms with Gasteiger partial charge < -0.3 is 8.98 Å². The number of rotatable bonds is 4. The Kier molecular flexibility index (Phi) is 5.89. The van der Waals surface area contributed by atoms with Crippen LogP contribution in [0.4, 0.5) is 0 Å². The van der Waals surface area contributed by atoms with Gasteiger partial charge in [0.2, 0.25) is 5.95 Å². The van der Waals surface area contributed by atoms with Crippen LogP contribution in [0.5, 0.6) is 0 Å². The van der Waals surface area contributed by atoms with E-state index in [0.29, 0.717) is 5.95 Å². The molecule has 0 amide bonds. The van der Waals surface area contributed by atoms with Gasteiger partial charge in [-0.05, 0) is 48.5 Å². The lowest BCUT2D eigenvalue weighted by Gasteiger charge is -2.12. The molecule has 7 aromatic carbocycles. The number of hydrogen-bond acceptors (Lipinski definition) is 3. The second-order valence-corrected chi connectivity index (χ2v) is 13.0. The molecule has 5 nitrogen and oxygen atoms in total. The fourth-order valence-electron chi connectivity index (χ4n) is 7.81. The van der Waals surface area contributed by atoms with Crippen molar-refractivity contribution in [2.75, 3.05) is 0 Å². The zero-order chi connectivity index (χ0) is 33.5. The van der Waals surface area contributed by atoms with Crippen LogP contribution >= 0.6 is 0 Å². The average molecular weight is 653 g/mol. The predicted molar refractivity (Wildman–Crippen MR) is 209 cm³/mol. The van der Waals surface area contributed by atoms with Gasteiger partial charge in [-0.15, -0.1) is 0 Å². The summed E-state index contributed by atoms with van der Waals surface area (Å²) in [6.45, 7) is 0. The number of nitrogens with zero attached hydrogens (tertiary/aromatic N) is 4. The third-order valence-electron chi connectivity index (χ3n) is 10.1. The molecule has 0 atom stereocenters. The molecule has 0 unspecified atom stereocenters. The zero-order valence-corrected chi connectivity index (χ0v) is 27.4. The van der Waals surface area contributed by atoms with Crippen molar-refractivity contribution in [1.29, 1.82) is 0 Å². The molecule has 5 heteroatoms. The number of furan rings is 1. The summed E-state index contributed by atoms with van der Waals surface area (Å²) in [5.74, 6) is 0.608. The van der Waals surface area contributed by atoms with Gasteiger partial charge in [0.15, 0.2) is 0 Å². The minimum atomic E-state index is 0.608. The quantitative estimate of drug-likeness (QED) is 0.190. The average Bonchev–Trinajstić information content (AvgIpc) is 3.83. The van der Waals surface area contributed by atoms with Gasteiger partial charge in [-0.2, -0.15) is 0 Å². The van der Waals surface area contributed by atoms with Gasteiger partial charge in [0.1, 0.15) is 11.2 Å².